The zero-order valence-electron chi connectivity index (χ0n) is 12.9. The van der Waals surface area contributed by atoms with Gasteiger partial charge in [-0.15, -0.1) is 0 Å². The third kappa shape index (κ3) is 5.00. The Hall–Kier alpha value is -1.59. The predicted molar refractivity (Wildman–Crippen MR) is 87.9 cm³/mol. The minimum atomic E-state index is -0.229. The second kappa shape index (κ2) is 7.61. The number of benzene rings is 1. The summed E-state index contributed by atoms with van der Waals surface area (Å²) in [5.74, 6) is -0.563. The lowest BCUT2D eigenvalue weighted by molar-refractivity contribution is -0.125. The summed E-state index contributed by atoms with van der Waals surface area (Å²) < 4.78 is 0. The average molecular weight is 324 g/mol. The van der Waals surface area contributed by atoms with Crippen molar-refractivity contribution in [3.8, 4) is 0 Å². The third-order valence-corrected chi connectivity index (χ3v) is 3.87. The average Bonchev–Trinajstić information content (AvgIpc) is 3.23. The number of anilines is 1. The van der Waals surface area contributed by atoms with Crippen LogP contribution in [0, 0.1) is 11.8 Å². The van der Waals surface area contributed by atoms with Crippen LogP contribution in [0.5, 0.6) is 0 Å². The van der Waals surface area contributed by atoms with E-state index in [0.29, 0.717) is 23.7 Å². The fraction of sp³-hybridized carbons (Fsp3) is 0.500. The van der Waals surface area contributed by atoms with Gasteiger partial charge in [0.15, 0.2) is 0 Å². The molecule has 2 rings (SSSR count). The van der Waals surface area contributed by atoms with E-state index in [2.05, 4.69) is 15.5 Å². The van der Waals surface area contributed by atoms with Gasteiger partial charge in [-0.1, -0.05) is 17.7 Å². The zero-order chi connectivity index (χ0) is 16.1. The van der Waals surface area contributed by atoms with E-state index in [-0.39, 0.29) is 23.7 Å². The van der Waals surface area contributed by atoms with Gasteiger partial charge in [0.2, 0.25) is 11.8 Å². The second-order valence-electron chi connectivity index (χ2n) is 5.90. The maximum absolute atomic E-state index is 12.1. The molecule has 2 N–H and O–H groups in total. The lowest BCUT2D eigenvalue weighted by Crippen LogP contribution is -2.30. The Morgan fingerprint density at radius 1 is 1.27 bits per heavy atom. The summed E-state index contributed by atoms with van der Waals surface area (Å²) in [6, 6.07) is 7.00. The Morgan fingerprint density at radius 3 is 2.68 bits per heavy atom. The van der Waals surface area contributed by atoms with Crippen LogP contribution >= 0.6 is 11.6 Å². The lowest BCUT2D eigenvalue weighted by atomic mass is 10.2. The molecule has 1 aliphatic carbocycles. The predicted octanol–water partition coefficient (Wildman–Crippen LogP) is 1.98. The molecular weight excluding hydrogens is 302 g/mol. The number of carbonyl (C=O) groups excluding carboxylic acids is 2. The fourth-order valence-electron chi connectivity index (χ4n) is 2.31. The topological polar surface area (TPSA) is 61.4 Å². The first-order valence-electron chi connectivity index (χ1n) is 7.46. The van der Waals surface area contributed by atoms with Gasteiger partial charge >= 0.3 is 0 Å². The maximum Gasteiger partial charge on any atom is 0.228 e. The quantitative estimate of drug-likeness (QED) is 0.754. The van der Waals surface area contributed by atoms with Gasteiger partial charge in [0.1, 0.15) is 0 Å². The first kappa shape index (κ1) is 16.8. The summed E-state index contributed by atoms with van der Waals surface area (Å²) in [5.41, 5.74) is 0.662. The molecule has 1 aliphatic rings. The van der Waals surface area contributed by atoms with E-state index in [9.17, 15) is 9.59 Å². The fourth-order valence-corrected chi connectivity index (χ4v) is 2.50. The molecule has 0 saturated heterocycles. The number of carbonyl (C=O) groups is 2. The standard InChI is InChI=1S/C16H22ClN3O2/c1-20(2)8-4-7-18-15(21)13-10-14(13)16(22)19-12-6-3-5-11(17)9-12/h3,5-6,9,13-14H,4,7-8,10H2,1-2H3,(H,18,21)(H,19,22). The van der Waals surface area contributed by atoms with Crippen molar-refractivity contribution in [2.75, 3.05) is 32.5 Å². The van der Waals surface area contributed by atoms with Crippen LogP contribution in [0.4, 0.5) is 5.69 Å². The molecule has 5 nitrogen and oxygen atoms in total. The van der Waals surface area contributed by atoms with Crippen molar-refractivity contribution < 1.29 is 9.59 Å². The summed E-state index contributed by atoms with van der Waals surface area (Å²) in [4.78, 5) is 26.1. The molecular formula is C16H22ClN3O2. The molecule has 0 aliphatic heterocycles. The van der Waals surface area contributed by atoms with Gasteiger partial charge in [-0.3, -0.25) is 9.59 Å². The van der Waals surface area contributed by atoms with E-state index in [1.807, 2.05) is 14.1 Å². The number of halogens is 1. The van der Waals surface area contributed by atoms with E-state index < -0.39 is 0 Å². The number of hydrogen-bond donors (Lipinski definition) is 2. The molecule has 0 aromatic heterocycles. The van der Waals surface area contributed by atoms with Crippen LogP contribution in [-0.2, 0) is 9.59 Å². The smallest absolute Gasteiger partial charge is 0.228 e. The summed E-state index contributed by atoms with van der Waals surface area (Å²) in [6.45, 7) is 1.58. The molecule has 2 amide bonds. The van der Waals surface area contributed by atoms with Crippen LogP contribution in [0.2, 0.25) is 5.02 Å². The summed E-state index contributed by atoms with van der Waals surface area (Å²) in [6.07, 6.45) is 1.52. The van der Waals surface area contributed by atoms with E-state index in [0.717, 1.165) is 13.0 Å². The number of rotatable bonds is 7. The van der Waals surface area contributed by atoms with Gasteiger partial charge in [-0.05, 0) is 51.7 Å². The van der Waals surface area contributed by atoms with Gasteiger partial charge in [-0.2, -0.15) is 0 Å². The Labute approximate surface area is 136 Å². The molecule has 0 spiro atoms. The first-order valence-corrected chi connectivity index (χ1v) is 7.84. The van der Waals surface area contributed by atoms with E-state index in [1.54, 1.807) is 24.3 Å². The molecule has 2 unspecified atom stereocenters. The molecule has 1 saturated carbocycles. The minimum absolute atomic E-state index is 0.0231. The minimum Gasteiger partial charge on any atom is -0.356 e. The van der Waals surface area contributed by atoms with E-state index in [1.165, 1.54) is 0 Å². The van der Waals surface area contributed by atoms with Crippen LogP contribution in [0.1, 0.15) is 12.8 Å². The molecule has 0 heterocycles. The van der Waals surface area contributed by atoms with Crippen molar-refractivity contribution in [1.82, 2.24) is 10.2 Å². The first-order chi connectivity index (χ1) is 10.5. The Bertz CT molecular complexity index is 548. The summed E-state index contributed by atoms with van der Waals surface area (Å²) in [5, 5.41) is 6.27. The Kier molecular flexibility index (Phi) is 5.80. The van der Waals surface area contributed by atoms with Gasteiger partial charge in [0.25, 0.3) is 0 Å². The third-order valence-electron chi connectivity index (χ3n) is 3.64. The Balaban J connectivity index is 1.72. The lowest BCUT2D eigenvalue weighted by Gasteiger charge is -2.10. The van der Waals surface area contributed by atoms with Gasteiger partial charge < -0.3 is 15.5 Å². The van der Waals surface area contributed by atoms with Crippen LogP contribution < -0.4 is 10.6 Å². The highest BCUT2D eigenvalue weighted by Crippen LogP contribution is 2.39. The van der Waals surface area contributed by atoms with Crippen LogP contribution in [0.15, 0.2) is 24.3 Å². The monoisotopic (exact) mass is 323 g/mol. The highest BCUT2D eigenvalue weighted by Gasteiger charge is 2.47. The molecule has 22 heavy (non-hydrogen) atoms. The van der Waals surface area contributed by atoms with Crippen molar-refractivity contribution in [3.63, 3.8) is 0 Å². The molecule has 1 aromatic carbocycles. The van der Waals surface area contributed by atoms with Crippen molar-refractivity contribution in [3.05, 3.63) is 29.3 Å². The molecule has 0 bridgehead atoms. The van der Waals surface area contributed by atoms with Gasteiger partial charge in [-0.25, -0.2) is 0 Å². The number of nitrogens with one attached hydrogen (secondary N) is 2. The zero-order valence-corrected chi connectivity index (χ0v) is 13.7. The van der Waals surface area contributed by atoms with Crippen LogP contribution in [-0.4, -0.2) is 43.9 Å². The second-order valence-corrected chi connectivity index (χ2v) is 6.33. The number of amides is 2. The van der Waals surface area contributed by atoms with E-state index in [4.69, 9.17) is 11.6 Å². The van der Waals surface area contributed by atoms with Crippen LogP contribution in [0.3, 0.4) is 0 Å². The van der Waals surface area contributed by atoms with Crippen molar-refractivity contribution in [2.45, 2.75) is 12.8 Å². The largest absolute Gasteiger partial charge is 0.356 e. The number of nitrogens with zero attached hydrogens (tertiary/aromatic N) is 1. The highest BCUT2D eigenvalue weighted by atomic mass is 35.5. The molecule has 1 aromatic rings. The molecule has 6 heteroatoms. The molecule has 1 fully saturated rings. The normalized spacial score (nSPS) is 19.8. The summed E-state index contributed by atoms with van der Waals surface area (Å²) in [7, 11) is 4.00. The van der Waals surface area contributed by atoms with Gasteiger partial charge in [0, 0.05) is 17.3 Å². The SMILES string of the molecule is CN(C)CCCNC(=O)C1CC1C(=O)Nc1cccc(Cl)c1. The Morgan fingerprint density at radius 2 is 2.00 bits per heavy atom. The highest BCUT2D eigenvalue weighted by molar-refractivity contribution is 6.30. The molecule has 2 atom stereocenters. The van der Waals surface area contributed by atoms with Crippen LogP contribution in [0.25, 0.3) is 0 Å². The molecule has 120 valence electrons. The molecule has 0 radical (unpaired) electrons. The summed E-state index contributed by atoms with van der Waals surface area (Å²) >= 11 is 5.88. The van der Waals surface area contributed by atoms with Crippen molar-refractivity contribution in [1.29, 1.82) is 0 Å². The van der Waals surface area contributed by atoms with Gasteiger partial charge in [0.05, 0.1) is 11.8 Å². The number of hydrogen-bond acceptors (Lipinski definition) is 3. The van der Waals surface area contributed by atoms with Crippen molar-refractivity contribution >= 4 is 29.1 Å². The van der Waals surface area contributed by atoms with Crippen molar-refractivity contribution in [2.24, 2.45) is 11.8 Å². The maximum atomic E-state index is 12.1. The van der Waals surface area contributed by atoms with E-state index >= 15 is 0 Å².